The monoisotopic (exact) mass is 157 g/mol. The molecule has 0 bridgehead atoms. The Bertz CT molecular complexity index is 183. The number of epoxide rings is 1. The van der Waals surface area contributed by atoms with Crippen LogP contribution in [0, 0.1) is 0 Å². The summed E-state index contributed by atoms with van der Waals surface area (Å²) in [4.78, 5) is 10.3. The van der Waals surface area contributed by atoms with Gasteiger partial charge in [0.2, 0.25) is 0 Å². The first-order valence-electron chi connectivity index (χ1n) is 3.87. The van der Waals surface area contributed by atoms with Crippen LogP contribution in [0.1, 0.15) is 19.3 Å². The highest BCUT2D eigenvalue weighted by atomic mass is 16.6. The Morgan fingerprint density at radius 1 is 1.45 bits per heavy atom. The summed E-state index contributed by atoms with van der Waals surface area (Å²) in [6.07, 6.45) is 2.83. The molecule has 1 heterocycles. The van der Waals surface area contributed by atoms with Crippen LogP contribution in [-0.4, -0.2) is 24.4 Å². The molecule has 4 nitrogen and oxygen atoms in total. The Labute approximate surface area is 64.6 Å². The van der Waals surface area contributed by atoms with Gasteiger partial charge in [-0.3, -0.25) is 0 Å². The van der Waals surface area contributed by atoms with Gasteiger partial charge in [0.15, 0.2) is 0 Å². The molecule has 11 heavy (non-hydrogen) atoms. The van der Waals surface area contributed by atoms with Gasteiger partial charge in [-0.2, -0.15) is 0 Å². The molecule has 1 saturated heterocycles. The summed E-state index contributed by atoms with van der Waals surface area (Å²) >= 11 is 0. The van der Waals surface area contributed by atoms with Gasteiger partial charge < -0.3 is 15.2 Å². The van der Waals surface area contributed by atoms with Crippen LogP contribution in [0.25, 0.3) is 0 Å². The summed E-state index contributed by atoms with van der Waals surface area (Å²) in [6, 6.07) is 0. The molecule has 1 saturated carbocycles. The van der Waals surface area contributed by atoms with E-state index in [4.69, 9.17) is 15.2 Å². The number of carbonyl (C=O) groups is 1. The second-order valence-electron chi connectivity index (χ2n) is 3.08. The van der Waals surface area contributed by atoms with Crippen LogP contribution in [0.15, 0.2) is 0 Å². The maximum absolute atomic E-state index is 10.3. The first-order chi connectivity index (χ1) is 5.25. The lowest BCUT2D eigenvalue weighted by atomic mass is 9.98. The summed E-state index contributed by atoms with van der Waals surface area (Å²) in [5.74, 6) is 0. The number of ether oxygens (including phenoxy) is 2. The van der Waals surface area contributed by atoms with E-state index in [1.807, 2.05) is 0 Å². The molecule has 2 rings (SSSR count). The average Bonchev–Trinajstić information content (AvgIpc) is 2.63. The Balaban J connectivity index is 1.81. The highest BCUT2D eigenvalue weighted by Crippen LogP contribution is 2.37. The Morgan fingerprint density at radius 2 is 2.27 bits per heavy atom. The number of hydrogen-bond donors (Lipinski definition) is 1. The smallest absolute Gasteiger partial charge is 0.404 e. The van der Waals surface area contributed by atoms with Crippen LogP contribution in [0.2, 0.25) is 0 Å². The predicted octanol–water partition coefficient (Wildman–Crippen LogP) is 0.402. The average molecular weight is 157 g/mol. The van der Waals surface area contributed by atoms with Gasteiger partial charge in [-0.05, 0) is 12.8 Å². The molecule has 2 aliphatic rings. The molecule has 0 aromatic heterocycles. The maximum Gasteiger partial charge on any atom is 0.404 e. The molecule has 1 aliphatic heterocycles. The van der Waals surface area contributed by atoms with Crippen molar-refractivity contribution in [2.45, 2.75) is 37.6 Å². The Kier molecular flexibility index (Phi) is 1.49. The Hall–Kier alpha value is -0.770. The van der Waals surface area contributed by atoms with Crippen LogP contribution in [0.3, 0.4) is 0 Å². The summed E-state index contributed by atoms with van der Waals surface area (Å²) < 4.78 is 10.1. The highest BCUT2D eigenvalue weighted by Gasteiger charge is 2.44. The van der Waals surface area contributed by atoms with Gasteiger partial charge in [0.1, 0.15) is 6.10 Å². The summed E-state index contributed by atoms with van der Waals surface area (Å²) in [6.45, 7) is 0. The number of fused-ring (bicyclic) bond motifs is 1. The van der Waals surface area contributed by atoms with Gasteiger partial charge in [-0.25, -0.2) is 4.79 Å². The van der Waals surface area contributed by atoms with Crippen molar-refractivity contribution in [3.8, 4) is 0 Å². The van der Waals surface area contributed by atoms with Crippen molar-refractivity contribution in [1.82, 2.24) is 0 Å². The minimum Gasteiger partial charge on any atom is -0.446 e. The van der Waals surface area contributed by atoms with Crippen molar-refractivity contribution in [2.75, 3.05) is 0 Å². The fourth-order valence-corrected chi connectivity index (χ4v) is 1.64. The molecule has 0 unspecified atom stereocenters. The molecule has 0 aromatic carbocycles. The van der Waals surface area contributed by atoms with Gasteiger partial charge >= 0.3 is 6.09 Å². The third kappa shape index (κ3) is 1.45. The normalized spacial score (nSPS) is 40.9. The van der Waals surface area contributed by atoms with Crippen molar-refractivity contribution < 1.29 is 14.3 Å². The van der Waals surface area contributed by atoms with Crippen LogP contribution in [0.5, 0.6) is 0 Å². The molecule has 0 radical (unpaired) electrons. The van der Waals surface area contributed by atoms with Crippen molar-refractivity contribution in [3.63, 3.8) is 0 Å². The van der Waals surface area contributed by atoms with E-state index in [1.165, 1.54) is 0 Å². The number of carbonyl (C=O) groups excluding carboxylic acids is 1. The fourth-order valence-electron chi connectivity index (χ4n) is 1.64. The first-order valence-corrected chi connectivity index (χ1v) is 3.87. The van der Waals surface area contributed by atoms with Crippen LogP contribution in [-0.2, 0) is 9.47 Å². The molecular weight excluding hydrogens is 146 g/mol. The van der Waals surface area contributed by atoms with Gasteiger partial charge in [0.05, 0.1) is 12.2 Å². The lowest BCUT2D eigenvalue weighted by molar-refractivity contribution is 0.0876. The summed E-state index contributed by atoms with van der Waals surface area (Å²) in [5, 5.41) is 0. The number of amides is 1. The van der Waals surface area contributed by atoms with Gasteiger partial charge in [-0.1, -0.05) is 0 Å². The van der Waals surface area contributed by atoms with Gasteiger partial charge in [0, 0.05) is 6.42 Å². The van der Waals surface area contributed by atoms with Crippen molar-refractivity contribution >= 4 is 6.09 Å². The second kappa shape index (κ2) is 2.37. The molecule has 2 fully saturated rings. The SMILES string of the molecule is NC(=O)O[C@@H]1CC[C@@H]2O[C@@H]2C1. The first kappa shape index (κ1) is 6.91. The van der Waals surface area contributed by atoms with Crippen LogP contribution >= 0.6 is 0 Å². The molecule has 3 atom stereocenters. The molecule has 0 aromatic rings. The molecule has 2 N–H and O–H groups in total. The molecular formula is C7H11NO3. The van der Waals surface area contributed by atoms with E-state index in [0.717, 1.165) is 19.3 Å². The van der Waals surface area contributed by atoms with E-state index in [2.05, 4.69) is 0 Å². The quantitative estimate of drug-likeness (QED) is 0.560. The van der Waals surface area contributed by atoms with Crippen molar-refractivity contribution in [1.29, 1.82) is 0 Å². The molecule has 1 amide bonds. The third-order valence-corrected chi connectivity index (χ3v) is 2.24. The second-order valence-corrected chi connectivity index (χ2v) is 3.08. The van der Waals surface area contributed by atoms with E-state index in [1.54, 1.807) is 0 Å². The number of primary amides is 1. The molecule has 0 spiro atoms. The molecule has 62 valence electrons. The summed E-state index contributed by atoms with van der Waals surface area (Å²) in [5.41, 5.74) is 4.88. The van der Waals surface area contributed by atoms with E-state index in [-0.39, 0.29) is 6.10 Å². The predicted molar refractivity (Wildman–Crippen MR) is 37.0 cm³/mol. The van der Waals surface area contributed by atoms with Crippen LogP contribution < -0.4 is 5.73 Å². The van der Waals surface area contributed by atoms with E-state index < -0.39 is 6.09 Å². The zero-order valence-electron chi connectivity index (χ0n) is 6.16. The fraction of sp³-hybridized carbons (Fsp3) is 0.857. The minimum atomic E-state index is -0.672. The lowest BCUT2D eigenvalue weighted by Gasteiger charge is -2.17. The van der Waals surface area contributed by atoms with E-state index in [9.17, 15) is 4.79 Å². The van der Waals surface area contributed by atoms with Gasteiger partial charge in [0.25, 0.3) is 0 Å². The highest BCUT2D eigenvalue weighted by molar-refractivity contribution is 5.64. The van der Waals surface area contributed by atoms with E-state index in [0.29, 0.717) is 12.2 Å². The summed E-state index contributed by atoms with van der Waals surface area (Å²) in [7, 11) is 0. The minimum absolute atomic E-state index is 0.00347. The number of nitrogens with two attached hydrogens (primary N) is 1. The Morgan fingerprint density at radius 3 is 2.91 bits per heavy atom. The lowest BCUT2D eigenvalue weighted by Crippen LogP contribution is -2.27. The molecule has 1 aliphatic carbocycles. The largest absolute Gasteiger partial charge is 0.446 e. The standard InChI is InChI=1S/C7H11NO3/c8-7(9)10-4-1-2-5-6(3-4)11-5/h4-6H,1-3H2,(H2,8,9)/t4-,5+,6-/m1/s1. The van der Waals surface area contributed by atoms with E-state index >= 15 is 0 Å². The van der Waals surface area contributed by atoms with Crippen molar-refractivity contribution in [3.05, 3.63) is 0 Å². The third-order valence-electron chi connectivity index (χ3n) is 2.24. The zero-order valence-corrected chi connectivity index (χ0v) is 6.16. The maximum atomic E-state index is 10.3. The number of rotatable bonds is 1. The number of hydrogen-bond acceptors (Lipinski definition) is 3. The van der Waals surface area contributed by atoms with Crippen molar-refractivity contribution in [2.24, 2.45) is 5.73 Å². The van der Waals surface area contributed by atoms with Gasteiger partial charge in [-0.15, -0.1) is 0 Å². The molecule has 4 heteroatoms. The topological polar surface area (TPSA) is 64.9 Å². The van der Waals surface area contributed by atoms with Crippen LogP contribution in [0.4, 0.5) is 4.79 Å². The zero-order chi connectivity index (χ0) is 7.84.